The third-order valence-corrected chi connectivity index (χ3v) is 5.17. The van der Waals surface area contributed by atoms with Gasteiger partial charge < -0.3 is 4.90 Å². The van der Waals surface area contributed by atoms with Crippen molar-refractivity contribution in [1.82, 2.24) is 25.0 Å². The van der Waals surface area contributed by atoms with Gasteiger partial charge in [0.05, 0.1) is 0 Å². The van der Waals surface area contributed by atoms with Crippen molar-refractivity contribution in [2.75, 3.05) is 26.2 Å². The number of nitrogens with one attached hydrogen (secondary N) is 1. The van der Waals surface area contributed by atoms with Crippen LogP contribution in [0.2, 0.25) is 0 Å². The van der Waals surface area contributed by atoms with E-state index in [1.54, 1.807) is 12.3 Å². The van der Waals surface area contributed by atoms with Crippen molar-refractivity contribution in [3.63, 3.8) is 0 Å². The van der Waals surface area contributed by atoms with E-state index < -0.39 is 0 Å². The maximum absolute atomic E-state index is 12.9. The minimum Gasteiger partial charge on any atom is -0.336 e. The van der Waals surface area contributed by atoms with Crippen molar-refractivity contribution in [1.29, 1.82) is 0 Å². The van der Waals surface area contributed by atoms with Crippen LogP contribution in [0.5, 0.6) is 0 Å². The number of hydrogen-bond acceptors (Lipinski definition) is 4. The first-order chi connectivity index (χ1) is 13.8. The topological polar surface area (TPSA) is 65.1 Å². The molecule has 0 bridgehead atoms. The lowest BCUT2D eigenvalue weighted by Crippen LogP contribution is -2.36. The average molecular weight is 375 g/mol. The summed E-state index contributed by atoms with van der Waals surface area (Å²) in [7, 11) is 0. The number of H-pyrrole nitrogens is 1. The Balaban J connectivity index is 1.51. The molecule has 144 valence electrons. The van der Waals surface area contributed by atoms with Gasteiger partial charge in [-0.25, -0.2) is 0 Å². The van der Waals surface area contributed by atoms with Gasteiger partial charge >= 0.3 is 0 Å². The Hall–Kier alpha value is -2.99. The van der Waals surface area contributed by atoms with E-state index in [9.17, 15) is 4.79 Å². The lowest BCUT2D eigenvalue weighted by Gasteiger charge is -2.24. The van der Waals surface area contributed by atoms with Gasteiger partial charge in [0.1, 0.15) is 5.69 Å². The lowest BCUT2D eigenvalue weighted by atomic mass is 10.0. The van der Waals surface area contributed by atoms with Gasteiger partial charge in [-0.2, -0.15) is 5.10 Å². The lowest BCUT2D eigenvalue weighted by molar-refractivity contribution is 0.0739. The summed E-state index contributed by atoms with van der Waals surface area (Å²) in [4.78, 5) is 21.8. The molecule has 0 spiro atoms. The molecule has 1 fully saturated rings. The fourth-order valence-corrected chi connectivity index (χ4v) is 3.84. The van der Waals surface area contributed by atoms with Gasteiger partial charge in [-0.05, 0) is 36.1 Å². The summed E-state index contributed by atoms with van der Waals surface area (Å²) in [5.41, 5.74) is 2.92. The van der Waals surface area contributed by atoms with Crippen LogP contribution in [0.4, 0.5) is 0 Å². The van der Waals surface area contributed by atoms with Crippen molar-refractivity contribution in [3.8, 4) is 0 Å². The molecule has 3 heterocycles. The SMILES string of the molecule is O=C(c1ccn[nH]1)N1CCN(Cc2ccccc2)CC(Cc2ccccn2)C1. The van der Waals surface area contributed by atoms with Crippen LogP contribution >= 0.6 is 0 Å². The number of aromatic amines is 1. The summed E-state index contributed by atoms with van der Waals surface area (Å²) in [5, 5.41) is 6.73. The number of rotatable bonds is 5. The highest BCUT2D eigenvalue weighted by Crippen LogP contribution is 2.18. The molecule has 28 heavy (non-hydrogen) atoms. The zero-order valence-electron chi connectivity index (χ0n) is 15.9. The van der Waals surface area contributed by atoms with Crippen molar-refractivity contribution < 1.29 is 4.79 Å². The predicted molar refractivity (Wildman–Crippen MR) is 108 cm³/mol. The maximum atomic E-state index is 12.9. The van der Waals surface area contributed by atoms with E-state index in [0.717, 1.165) is 38.3 Å². The van der Waals surface area contributed by atoms with Crippen molar-refractivity contribution in [2.45, 2.75) is 13.0 Å². The number of pyridine rings is 1. The second kappa shape index (κ2) is 8.80. The molecule has 4 rings (SSSR count). The Kier molecular flexibility index (Phi) is 5.77. The molecule has 6 heteroatoms. The van der Waals surface area contributed by atoms with Crippen molar-refractivity contribution in [2.24, 2.45) is 5.92 Å². The number of amides is 1. The summed E-state index contributed by atoms with van der Waals surface area (Å²) in [6.07, 6.45) is 4.32. The molecule has 0 aliphatic carbocycles. The summed E-state index contributed by atoms with van der Waals surface area (Å²) in [6.45, 7) is 4.13. The fraction of sp³-hybridized carbons (Fsp3) is 0.318. The van der Waals surface area contributed by atoms with Crippen LogP contribution in [0.25, 0.3) is 0 Å². The molecule has 6 nitrogen and oxygen atoms in total. The van der Waals surface area contributed by atoms with Crippen LogP contribution in [-0.4, -0.2) is 57.1 Å². The number of hydrogen-bond donors (Lipinski definition) is 1. The highest BCUT2D eigenvalue weighted by molar-refractivity contribution is 5.92. The molecule has 1 N–H and O–H groups in total. The van der Waals surface area contributed by atoms with Crippen LogP contribution in [-0.2, 0) is 13.0 Å². The first kappa shape index (κ1) is 18.4. The van der Waals surface area contributed by atoms with E-state index in [0.29, 0.717) is 18.2 Å². The van der Waals surface area contributed by atoms with Gasteiger partial charge in [-0.15, -0.1) is 0 Å². The molecular formula is C22H25N5O. The molecule has 1 aliphatic rings. The van der Waals surface area contributed by atoms with E-state index in [1.807, 2.05) is 29.3 Å². The zero-order valence-corrected chi connectivity index (χ0v) is 15.9. The largest absolute Gasteiger partial charge is 0.336 e. The summed E-state index contributed by atoms with van der Waals surface area (Å²) >= 11 is 0. The fourth-order valence-electron chi connectivity index (χ4n) is 3.84. The monoisotopic (exact) mass is 375 g/mol. The van der Waals surface area contributed by atoms with E-state index in [-0.39, 0.29) is 5.91 Å². The molecule has 0 saturated carbocycles. The van der Waals surface area contributed by atoms with E-state index >= 15 is 0 Å². The molecule has 1 unspecified atom stereocenters. The normalized spacial score (nSPS) is 18.0. The Bertz CT molecular complexity index is 866. The highest BCUT2D eigenvalue weighted by Gasteiger charge is 2.27. The molecule has 0 radical (unpaired) electrons. The van der Waals surface area contributed by atoms with Crippen LogP contribution in [0.1, 0.15) is 21.7 Å². The van der Waals surface area contributed by atoms with Gasteiger partial charge in [-0.3, -0.25) is 19.8 Å². The molecule has 1 amide bonds. The summed E-state index contributed by atoms with van der Waals surface area (Å²) < 4.78 is 0. The zero-order chi connectivity index (χ0) is 19.2. The molecule has 1 saturated heterocycles. The second-order valence-electron chi connectivity index (χ2n) is 7.33. The standard InChI is InChI=1S/C22H25N5O/c28-22(21-9-11-24-25-21)27-13-12-26(15-18-6-2-1-3-7-18)16-19(17-27)14-20-8-4-5-10-23-20/h1-11,19H,12-17H2,(H,24,25). The minimum atomic E-state index is 0.0186. The van der Waals surface area contributed by atoms with E-state index in [2.05, 4.69) is 50.4 Å². The molecule has 1 atom stereocenters. The van der Waals surface area contributed by atoms with Gasteiger partial charge in [-0.1, -0.05) is 36.4 Å². The van der Waals surface area contributed by atoms with Gasteiger partial charge in [0.15, 0.2) is 0 Å². The average Bonchev–Trinajstić information content (AvgIpc) is 3.19. The quantitative estimate of drug-likeness (QED) is 0.745. The molecule has 1 aromatic carbocycles. The Morgan fingerprint density at radius 2 is 1.86 bits per heavy atom. The number of carbonyl (C=O) groups is 1. The van der Waals surface area contributed by atoms with Gasteiger partial charge in [0.2, 0.25) is 0 Å². The van der Waals surface area contributed by atoms with E-state index in [4.69, 9.17) is 0 Å². The van der Waals surface area contributed by atoms with Crippen molar-refractivity contribution in [3.05, 3.63) is 83.9 Å². The third kappa shape index (κ3) is 4.64. The third-order valence-electron chi connectivity index (χ3n) is 5.17. The Morgan fingerprint density at radius 1 is 1.00 bits per heavy atom. The van der Waals surface area contributed by atoms with Crippen LogP contribution in [0, 0.1) is 5.92 Å². The summed E-state index contributed by atoms with van der Waals surface area (Å²) in [5.74, 6) is 0.345. The molecule has 2 aromatic heterocycles. The number of benzene rings is 1. The summed E-state index contributed by atoms with van der Waals surface area (Å²) in [6, 6.07) is 18.3. The maximum Gasteiger partial charge on any atom is 0.271 e. The first-order valence-corrected chi connectivity index (χ1v) is 9.73. The van der Waals surface area contributed by atoms with Crippen LogP contribution in [0.15, 0.2) is 67.0 Å². The first-order valence-electron chi connectivity index (χ1n) is 9.73. The Labute approximate surface area is 165 Å². The smallest absolute Gasteiger partial charge is 0.271 e. The molecule has 1 aliphatic heterocycles. The highest BCUT2D eigenvalue weighted by atomic mass is 16.2. The van der Waals surface area contributed by atoms with Crippen LogP contribution < -0.4 is 0 Å². The van der Waals surface area contributed by atoms with Crippen LogP contribution in [0.3, 0.4) is 0 Å². The van der Waals surface area contributed by atoms with E-state index in [1.165, 1.54) is 5.56 Å². The molecule has 3 aromatic rings. The van der Waals surface area contributed by atoms with Gasteiger partial charge in [0.25, 0.3) is 5.91 Å². The Morgan fingerprint density at radius 3 is 2.61 bits per heavy atom. The number of aromatic nitrogens is 3. The predicted octanol–water partition coefficient (Wildman–Crippen LogP) is 2.62. The molecular weight excluding hydrogens is 350 g/mol. The van der Waals surface area contributed by atoms with Gasteiger partial charge in [0, 0.05) is 50.8 Å². The number of carbonyl (C=O) groups excluding carboxylic acids is 1. The second-order valence-corrected chi connectivity index (χ2v) is 7.33. The number of nitrogens with zero attached hydrogens (tertiary/aromatic N) is 4. The minimum absolute atomic E-state index is 0.0186. The van der Waals surface area contributed by atoms with Crippen molar-refractivity contribution >= 4 is 5.91 Å².